The summed E-state index contributed by atoms with van der Waals surface area (Å²) in [4.78, 5) is 22.5. The Morgan fingerprint density at radius 2 is 2.10 bits per heavy atom. The van der Waals surface area contributed by atoms with Crippen molar-refractivity contribution in [1.82, 2.24) is 14.5 Å². The Hall–Kier alpha value is -1.31. The molecule has 0 spiro atoms. The van der Waals surface area contributed by atoms with E-state index in [-0.39, 0.29) is 11.6 Å². The van der Waals surface area contributed by atoms with E-state index in [0.717, 1.165) is 31.4 Å². The number of nitrogens with zero attached hydrogens (tertiary/aromatic N) is 2. The lowest BCUT2D eigenvalue weighted by atomic mass is 10.2. The normalized spacial score (nSPS) is 13.0. The second-order valence-electron chi connectivity index (χ2n) is 5.10. The lowest BCUT2D eigenvalue weighted by molar-refractivity contribution is 0.595. The molecule has 0 aliphatic carbocycles. The van der Waals surface area contributed by atoms with Crippen molar-refractivity contribution in [3.05, 3.63) is 41.6 Å². The van der Waals surface area contributed by atoms with Crippen LogP contribution in [-0.2, 0) is 0 Å². The number of hydrogen-bond donors (Lipinski definition) is 1. The Bertz CT molecular complexity index is 945. The molecule has 1 atom stereocenters. The third-order valence-electron chi connectivity index (χ3n) is 3.64. The smallest absolute Gasteiger partial charge is 0.263 e. The summed E-state index contributed by atoms with van der Waals surface area (Å²) in [5.74, 6) is 0. The summed E-state index contributed by atoms with van der Waals surface area (Å²) in [5, 5.41) is 3.63. The molecular weight excluding hydrogens is 322 g/mol. The van der Waals surface area contributed by atoms with E-state index >= 15 is 0 Å². The Morgan fingerprint density at radius 1 is 1.38 bits per heavy atom. The van der Waals surface area contributed by atoms with Crippen LogP contribution in [-0.4, -0.2) is 14.5 Å². The summed E-state index contributed by atoms with van der Waals surface area (Å²) in [6.07, 6.45) is 0. The van der Waals surface area contributed by atoms with Crippen molar-refractivity contribution in [3.63, 3.8) is 0 Å². The van der Waals surface area contributed by atoms with E-state index in [1.807, 2.05) is 33.1 Å². The minimum Gasteiger partial charge on any atom is -0.323 e. The molecule has 3 heterocycles. The zero-order valence-electron chi connectivity index (χ0n) is 12.2. The summed E-state index contributed by atoms with van der Waals surface area (Å²) in [7, 11) is 0. The molecule has 7 heteroatoms. The number of thiophene rings is 1. The van der Waals surface area contributed by atoms with Gasteiger partial charge >= 0.3 is 0 Å². The topological polar surface area (TPSA) is 50.7 Å². The van der Waals surface area contributed by atoms with Gasteiger partial charge in [-0.1, -0.05) is 0 Å². The number of aryl methyl sites for hydroxylation is 3. The number of H-pyrrole nitrogens is 1. The van der Waals surface area contributed by atoms with Crippen molar-refractivity contribution in [3.8, 4) is 0 Å². The predicted octanol–water partition coefficient (Wildman–Crippen LogP) is 4.11. The fourth-order valence-electron chi connectivity index (χ4n) is 2.37. The molecule has 4 nitrogen and oxygen atoms in total. The van der Waals surface area contributed by atoms with Crippen LogP contribution in [0.3, 0.4) is 0 Å². The van der Waals surface area contributed by atoms with E-state index in [1.54, 1.807) is 27.2 Å². The summed E-state index contributed by atoms with van der Waals surface area (Å²) in [6, 6.07) is -0.163. The van der Waals surface area contributed by atoms with Crippen LogP contribution in [0.4, 0.5) is 0 Å². The van der Waals surface area contributed by atoms with Gasteiger partial charge in [0.05, 0.1) is 11.4 Å². The number of aromatic amines is 1. The van der Waals surface area contributed by atoms with Crippen LogP contribution in [0.1, 0.15) is 34.1 Å². The van der Waals surface area contributed by atoms with E-state index < -0.39 is 0 Å². The fraction of sp³-hybridized carbons (Fsp3) is 0.357. The highest BCUT2D eigenvalue weighted by Crippen LogP contribution is 2.27. The van der Waals surface area contributed by atoms with E-state index in [1.165, 1.54) is 0 Å². The molecule has 0 radical (unpaired) electrons. The maximum Gasteiger partial charge on any atom is 0.263 e. The van der Waals surface area contributed by atoms with Crippen LogP contribution in [0.2, 0.25) is 0 Å². The molecule has 3 aromatic rings. The molecular formula is C14H15N3OS3. The van der Waals surface area contributed by atoms with Crippen molar-refractivity contribution < 1.29 is 0 Å². The largest absolute Gasteiger partial charge is 0.323 e. The van der Waals surface area contributed by atoms with Gasteiger partial charge in [-0.15, -0.1) is 22.7 Å². The molecule has 1 N–H and O–H groups in total. The number of hydrogen-bond acceptors (Lipinski definition) is 5. The van der Waals surface area contributed by atoms with Gasteiger partial charge in [-0.05, 0) is 45.5 Å². The van der Waals surface area contributed by atoms with E-state index in [2.05, 4.69) is 9.97 Å². The third-order valence-corrected chi connectivity index (χ3v) is 6.19. The van der Waals surface area contributed by atoms with E-state index in [0.29, 0.717) is 4.77 Å². The number of thiazole rings is 1. The molecule has 0 aliphatic heterocycles. The minimum absolute atomic E-state index is 0.0315. The molecule has 0 saturated heterocycles. The minimum atomic E-state index is -0.163. The first-order valence-corrected chi connectivity index (χ1v) is 8.67. The zero-order valence-corrected chi connectivity index (χ0v) is 14.6. The monoisotopic (exact) mass is 337 g/mol. The van der Waals surface area contributed by atoms with Crippen LogP contribution in [0.5, 0.6) is 0 Å². The van der Waals surface area contributed by atoms with Crippen LogP contribution < -0.4 is 5.56 Å². The Morgan fingerprint density at radius 3 is 2.71 bits per heavy atom. The Labute approximate surface area is 135 Å². The maximum absolute atomic E-state index is 12.9. The average molecular weight is 337 g/mol. The highest BCUT2D eigenvalue weighted by molar-refractivity contribution is 7.71. The zero-order chi connectivity index (χ0) is 15.3. The van der Waals surface area contributed by atoms with Crippen LogP contribution >= 0.6 is 34.9 Å². The molecule has 1 unspecified atom stereocenters. The third kappa shape index (κ3) is 2.29. The first-order valence-electron chi connectivity index (χ1n) is 6.56. The second-order valence-corrected chi connectivity index (χ2v) is 7.60. The molecule has 0 amide bonds. The molecule has 3 rings (SSSR count). The first-order chi connectivity index (χ1) is 9.90. The molecule has 0 saturated carbocycles. The lowest BCUT2D eigenvalue weighted by Crippen LogP contribution is -2.25. The SMILES string of the molecule is Cc1csc(C(C)n2c(=S)[nH]c3sc(C)c(C)c3c2=O)n1. The van der Waals surface area contributed by atoms with Crippen LogP contribution in [0.25, 0.3) is 10.2 Å². The number of aromatic nitrogens is 3. The molecule has 0 bridgehead atoms. The van der Waals surface area contributed by atoms with Gasteiger partial charge in [0.1, 0.15) is 9.84 Å². The number of fused-ring (bicyclic) bond motifs is 1. The lowest BCUT2D eigenvalue weighted by Gasteiger charge is -2.13. The van der Waals surface area contributed by atoms with Crippen molar-refractivity contribution in [2.75, 3.05) is 0 Å². The molecule has 110 valence electrons. The molecule has 21 heavy (non-hydrogen) atoms. The van der Waals surface area contributed by atoms with Gasteiger partial charge in [0, 0.05) is 16.0 Å². The van der Waals surface area contributed by atoms with Gasteiger partial charge in [0.15, 0.2) is 4.77 Å². The number of rotatable bonds is 2. The molecule has 0 aliphatic rings. The van der Waals surface area contributed by atoms with Crippen LogP contribution in [0.15, 0.2) is 10.2 Å². The van der Waals surface area contributed by atoms with Crippen molar-refractivity contribution in [2.45, 2.75) is 33.7 Å². The first kappa shape index (κ1) is 14.6. The van der Waals surface area contributed by atoms with Crippen LogP contribution in [0, 0.1) is 25.5 Å². The van der Waals surface area contributed by atoms with Gasteiger partial charge < -0.3 is 4.98 Å². The quantitative estimate of drug-likeness (QED) is 0.716. The van der Waals surface area contributed by atoms with E-state index in [9.17, 15) is 4.79 Å². The molecule has 0 aromatic carbocycles. The van der Waals surface area contributed by atoms with Crippen molar-refractivity contribution in [1.29, 1.82) is 0 Å². The van der Waals surface area contributed by atoms with Crippen molar-refractivity contribution in [2.24, 2.45) is 0 Å². The maximum atomic E-state index is 12.9. The Balaban J connectivity index is 2.30. The van der Waals surface area contributed by atoms with Gasteiger partial charge in [-0.2, -0.15) is 0 Å². The summed E-state index contributed by atoms with van der Waals surface area (Å²) >= 11 is 8.53. The predicted molar refractivity (Wildman–Crippen MR) is 91.4 cm³/mol. The molecule has 3 aromatic heterocycles. The summed E-state index contributed by atoms with van der Waals surface area (Å²) in [5.41, 5.74) is 1.96. The van der Waals surface area contributed by atoms with Crippen molar-refractivity contribution >= 4 is 45.1 Å². The summed E-state index contributed by atoms with van der Waals surface area (Å²) < 4.78 is 2.09. The van der Waals surface area contributed by atoms with Gasteiger partial charge in [-0.3, -0.25) is 9.36 Å². The average Bonchev–Trinajstić information content (AvgIpc) is 2.95. The Kier molecular flexibility index (Phi) is 3.59. The van der Waals surface area contributed by atoms with E-state index in [4.69, 9.17) is 12.2 Å². The second kappa shape index (κ2) is 5.15. The fourth-order valence-corrected chi connectivity index (χ4v) is 4.67. The molecule has 0 fully saturated rings. The highest BCUT2D eigenvalue weighted by atomic mass is 32.1. The standard InChI is InChI=1S/C14H15N3OS3/c1-6-5-20-11(15-6)8(3)17-13(18)10-7(2)9(4)21-12(10)16-14(17)19/h5,8H,1-4H3,(H,16,19). The van der Waals surface area contributed by atoms with Gasteiger partial charge in [0.2, 0.25) is 0 Å². The number of nitrogens with one attached hydrogen (secondary N) is 1. The van der Waals surface area contributed by atoms with Gasteiger partial charge in [0.25, 0.3) is 5.56 Å². The highest BCUT2D eigenvalue weighted by Gasteiger charge is 2.19. The van der Waals surface area contributed by atoms with Gasteiger partial charge in [-0.25, -0.2) is 4.98 Å². The summed E-state index contributed by atoms with van der Waals surface area (Å²) in [6.45, 7) is 7.92.